The molecule has 0 aliphatic carbocycles. The summed E-state index contributed by atoms with van der Waals surface area (Å²) in [5.41, 5.74) is 1.27. The van der Waals surface area contributed by atoms with Gasteiger partial charge >= 0.3 is 5.97 Å². The lowest BCUT2D eigenvalue weighted by Crippen LogP contribution is -2.14. The largest absolute Gasteiger partial charge is 0.493 e. The number of aryl methyl sites for hydroxylation is 1. The van der Waals surface area contributed by atoms with Crippen LogP contribution in [0, 0.1) is 12.8 Å². The third-order valence-electron chi connectivity index (χ3n) is 3.62. The van der Waals surface area contributed by atoms with Crippen molar-refractivity contribution in [1.82, 2.24) is 4.98 Å². The molecule has 0 aliphatic heterocycles. The highest BCUT2D eigenvalue weighted by Gasteiger charge is 2.22. The highest BCUT2D eigenvalue weighted by atomic mass is 32.1. The summed E-state index contributed by atoms with van der Waals surface area (Å²) < 4.78 is 11.8. The lowest BCUT2D eigenvalue weighted by atomic mass is 10.1. The number of ether oxygens (including phenoxy) is 1. The van der Waals surface area contributed by atoms with Gasteiger partial charge in [0.05, 0.1) is 28.6 Å². The van der Waals surface area contributed by atoms with E-state index in [1.807, 2.05) is 13.0 Å². The van der Waals surface area contributed by atoms with Crippen LogP contribution in [0.4, 0.5) is 0 Å². The number of carboxylic acids is 1. The summed E-state index contributed by atoms with van der Waals surface area (Å²) in [4.78, 5) is 27.6. The van der Waals surface area contributed by atoms with E-state index in [-0.39, 0.29) is 12.2 Å². The maximum Gasteiger partial charge on any atom is 0.306 e. The predicted octanol–water partition coefficient (Wildman–Crippen LogP) is 3.65. The first kappa shape index (κ1) is 15.5. The normalized spacial score (nSPS) is 12.7. The summed E-state index contributed by atoms with van der Waals surface area (Å²) >= 11 is 1.24. The van der Waals surface area contributed by atoms with Gasteiger partial charge in [-0.1, -0.05) is 6.92 Å². The van der Waals surface area contributed by atoms with Crippen LogP contribution in [0.15, 0.2) is 16.5 Å². The van der Waals surface area contributed by atoms with Gasteiger partial charge in [0.15, 0.2) is 22.1 Å². The molecule has 0 aliphatic rings. The van der Waals surface area contributed by atoms with Crippen LogP contribution >= 0.6 is 11.3 Å². The second kappa shape index (κ2) is 5.66. The van der Waals surface area contributed by atoms with E-state index in [0.29, 0.717) is 21.9 Å². The van der Waals surface area contributed by atoms with E-state index in [1.165, 1.54) is 18.3 Å². The number of benzene rings is 1. The van der Waals surface area contributed by atoms with E-state index in [4.69, 9.17) is 14.3 Å². The quantitative estimate of drug-likeness (QED) is 0.717. The van der Waals surface area contributed by atoms with Gasteiger partial charge in [-0.05, 0) is 13.0 Å². The minimum atomic E-state index is -0.992. The molecule has 3 rings (SSSR count). The number of rotatable bonds is 5. The van der Waals surface area contributed by atoms with Crippen LogP contribution in [0.1, 0.15) is 28.9 Å². The number of aromatic nitrogens is 1. The van der Waals surface area contributed by atoms with Crippen LogP contribution in [-0.4, -0.2) is 29.0 Å². The Morgan fingerprint density at radius 3 is 2.83 bits per heavy atom. The molecule has 2 heterocycles. The number of hydrogen-bond donors (Lipinski definition) is 1. The van der Waals surface area contributed by atoms with Crippen molar-refractivity contribution in [2.24, 2.45) is 5.92 Å². The molecule has 0 amide bonds. The van der Waals surface area contributed by atoms with E-state index in [1.54, 1.807) is 13.2 Å². The molecule has 0 saturated carbocycles. The Labute approximate surface area is 135 Å². The van der Waals surface area contributed by atoms with Crippen molar-refractivity contribution < 1.29 is 23.8 Å². The lowest BCUT2D eigenvalue weighted by Gasteiger charge is -2.01. The van der Waals surface area contributed by atoms with Crippen molar-refractivity contribution in [2.45, 2.75) is 20.3 Å². The molecule has 3 aromatic rings. The van der Waals surface area contributed by atoms with Crippen molar-refractivity contribution in [3.8, 4) is 5.75 Å². The topological polar surface area (TPSA) is 89.6 Å². The van der Waals surface area contributed by atoms with Gasteiger partial charge in [0.25, 0.3) is 0 Å². The van der Waals surface area contributed by atoms with Crippen LogP contribution < -0.4 is 4.74 Å². The third kappa shape index (κ3) is 2.68. The second-order valence-corrected chi connectivity index (χ2v) is 6.44. The van der Waals surface area contributed by atoms with Gasteiger partial charge in [0.2, 0.25) is 0 Å². The van der Waals surface area contributed by atoms with Crippen LogP contribution in [0.2, 0.25) is 0 Å². The van der Waals surface area contributed by atoms with Crippen LogP contribution in [0.3, 0.4) is 0 Å². The van der Waals surface area contributed by atoms with Gasteiger partial charge in [0.1, 0.15) is 5.76 Å². The molecule has 6 nitrogen and oxygen atoms in total. The zero-order valence-corrected chi connectivity index (χ0v) is 13.7. The predicted molar refractivity (Wildman–Crippen MR) is 86.4 cm³/mol. The number of hydrogen-bond acceptors (Lipinski definition) is 6. The first-order valence-electron chi connectivity index (χ1n) is 7.04. The minimum absolute atomic E-state index is 0.0696. The molecule has 2 aromatic heterocycles. The van der Waals surface area contributed by atoms with Gasteiger partial charge < -0.3 is 14.3 Å². The summed E-state index contributed by atoms with van der Waals surface area (Å²) in [6.45, 7) is 3.34. The average molecular weight is 333 g/mol. The SMILES string of the molecule is COc1cc2sc(C(=O)CC(C)C(=O)O)nc2c2cc(C)oc12. The average Bonchev–Trinajstić information content (AvgIpc) is 3.08. The Balaban J connectivity index is 2.10. The van der Waals surface area contributed by atoms with E-state index < -0.39 is 11.9 Å². The number of ketones is 1. The number of carbonyl (C=O) groups is 2. The van der Waals surface area contributed by atoms with Crippen molar-refractivity contribution in [3.63, 3.8) is 0 Å². The molecule has 1 N–H and O–H groups in total. The fourth-order valence-electron chi connectivity index (χ4n) is 2.40. The van der Waals surface area contributed by atoms with Crippen LogP contribution in [0.5, 0.6) is 5.75 Å². The zero-order valence-electron chi connectivity index (χ0n) is 12.9. The van der Waals surface area contributed by atoms with Crippen molar-refractivity contribution in [3.05, 3.63) is 22.9 Å². The van der Waals surface area contributed by atoms with Gasteiger partial charge in [-0.15, -0.1) is 11.3 Å². The number of nitrogens with zero attached hydrogens (tertiary/aromatic N) is 1. The molecule has 1 unspecified atom stereocenters. The summed E-state index contributed by atoms with van der Waals surface area (Å²) in [5.74, 6) is -0.684. The van der Waals surface area contributed by atoms with Crippen molar-refractivity contribution in [1.29, 1.82) is 0 Å². The molecule has 0 radical (unpaired) electrons. The molecule has 7 heteroatoms. The molecule has 1 atom stereocenters. The minimum Gasteiger partial charge on any atom is -0.493 e. The molecule has 0 saturated heterocycles. The second-order valence-electron chi connectivity index (χ2n) is 5.41. The first-order chi connectivity index (χ1) is 10.9. The number of methoxy groups -OCH3 is 1. The molecule has 23 heavy (non-hydrogen) atoms. The fraction of sp³-hybridized carbons (Fsp3) is 0.312. The molecule has 1 aromatic carbocycles. The maximum atomic E-state index is 12.3. The number of carbonyl (C=O) groups excluding carboxylic acids is 1. The monoisotopic (exact) mass is 333 g/mol. The third-order valence-corrected chi connectivity index (χ3v) is 4.66. The maximum absolute atomic E-state index is 12.3. The van der Waals surface area contributed by atoms with Crippen LogP contribution in [-0.2, 0) is 4.79 Å². The molecule has 0 fully saturated rings. The Bertz CT molecular complexity index is 923. The number of thiazole rings is 1. The van der Waals surface area contributed by atoms with Gasteiger partial charge in [-0.25, -0.2) is 4.98 Å². The Morgan fingerprint density at radius 1 is 1.43 bits per heavy atom. The lowest BCUT2D eigenvalue weighted by molar-refractivity contribution is -0.141. The van der Waals surface area contributed by atoms with Crippen molar-refractivity contribution in [2.75, 3.05) is 7.11 Å². The van der Waals surface area contributed by atoms with E-state index >= 15 is 0 Å². The molecule has 0 spiro atoms. The van der Waals surface area contributed by atoms with Crippen LogP contribution in [0.25, 0.3) is 21.2 Å². The Kier molecular flexibility index (Phi) is 3.81. The van der Waals surface area contributed by atoms with Gasteiger partial charge in [0, 0.05) is 12.5 Å². The summed E-state index contributed by atoms with van der Waals surface area (Å²) in [6.07, 6.45) is -0.0696. The first-order valence-corrected chi connectivity index (χ1v) is 7.86. The summed E-state index contributed by atoms with van der Waals surface area (Å²) in [7, 11) is 1.56. The van der Waals surface area contributed by atoms with Gasteiger partial charge in [-0.2, -0.15) is 0 Å². The molecule has 120 valence electrons. The number of furan rings is 1. The fourth-order valence-corrected chi connectivity index (χ4v) is 3.36. The zero-order chi connectivity index (χ0) is 16.7. The molecular formula is C16H15NO5S. The highest BCUT2D eigenvalue weighted by molar-refractivity contribution is 7.20. The number of aliphatic carboxylic acids is 1. The smallest absolute Gasteiger partial charge is 0.306 e. The Morgan fingerprint density at radius 2 is 2.17 bits per heavy atom. The highest BCUT2D eigenvalue weighted by Crippen LogP contribution is 2.38. The number of Topliss-reactive ketones (excluding diaryl/α,β-unsaturated/α-hetero) is 1. The van der Waals surface area contributed by atoms with E-state index in [9.17, 15) is 9.59 Å². The standard InChI is InChI=1S/C16H15NO5S/c1-7(16(19)20)4-10(18)15-17-13-9-5-8(2)22-14(9)11(21-3)6-12(13)23-15/h5-7H,4H2,1-3H3,(H,19,20). The molecule has 0 bridgehead atoms. The number of fused-ring (bicyclic) bond motifs is 3. The van der Waals surface area contributed by atoms with Crippen molar-refractivity contribution >= 4 is 44.3 Å². The van der Waals surface area contributed by atoms with E-state index in [2.05, 4.69) is 4.98 Å². The summed E-state index contributed by atoms with van der Waals surface area (Å²) in [5, 5.41) is 10.0. The Hall–Kier alpha value is -2.41. The molecular weight excluding hydrogens is 318 g/mol. The number of carboxylic acid groups (broad SMARTS) is 1. The van der Waals surface area contributed by atoms with Gasteiger partial charge in [-0.3, -0.25) is 9.59 Å². The summed E-state index contributed by atoms with van der Waals surface area (Å²) in [6, 6.07) is 3.64. The van der Waals surface area contributed by atoms with E-state index in [0.717, 1.165) is 15.8 Å².